The van der Waals surface area contributed by atoms with E-state index in [2.05, 4.69) is 48.0 Å². The molecule has 3 nitrogen and oxygen atoms in total. The van der Waals surface area contributed by atoms with Gasteiger partial charge in [0.1, 0.15) is 0 Å². The number of rotatable bonds is 5. The Morgan fingerprint density at radius 1 is 1.14 bits per heavy atom. The maximum absolute atomic E-state index is 10.9. The molecule has 0 spiro atoms. The van der Waals surface area contributed by atoms with Gasteiger partial charge in [-0.1, -0.05) is 41.5 Å². The van der Waals surface area contributed by atoms with Crippen LogP contribution in [-0.2, 0) is 11.5 Å². The molecule has 0 saturated carbocycles. The van der Waals surface area contributed by atoms with E-state index in [0.717, 1.165) is 17.1 Å². The fourth-order valence-corrected chi connectivity index (χ4v) is 3.95. The second-order valence-corrected chi connectivity index (χ2v) is 6.77. The van der Waals surface area contributed by atoms with Crippen LogP contribution in [0.3, 0.4) is 0 Å². The van der Waals surface area contributed by atoms with Crippen LogP contribution in [0.2, 0.25) is 0 Å². The summed E-state index contributed by atoms with van der Waals surface area (Å²) in [7, 11) is 0. The van der Waals surface area contributed by atoms with E-state index in [4.69, 9.17) is 0 Å². The highest BCUT2D eigenvalue weighted by Crippen LogP contribution is 2.31. The van der Waals surface area contributed by atoms with Crippen LogP contribution >= 0.6 is 27.7 Å². The van der Waals surface area contributed by atoms with E-state index in [1.165, 1.54) is 22.8 Å². The van der Waals surface area contributed by atoms with Gasteiger partial charge in [0.25, 0.3) is 5.69 Å². The molecule has 0 saturated heterocycles. The monoisotopic (exact) mass is 365 g/mol. The largest absolute Gasteiger partial charge is 0.283 e. The third-order valence-electron chi connectivity index (χ3n) is 3.06. The molecule has 0 bridgehead atoms. The fourth-order valence-electron chi connectivity index (χ4n) is 2.25. The Labute approximate surface area is 137 Å². The zero-order valence-electron chi connectivity index (χ0n) is 11.9. The molecule has 0 aromatic heterocycles. The van der Waals surface area contributed by atoms with Crippen molar-refractivity contribution in [3.8, 4) is 0 Å². The first kappa shape index (κ1) is 16.0. The minimum absolute atomic E-state index is 0.125. The van der Waals surface area contributed by atoms with Gasteiger partial charge in [0.15, 0.2) is 0 Å². The molecule has 0 heterocycles. The highest BCUT2D eigenvalue weighted by Gasteiger charge is 2.14. The minimum Gasteiger partial charge on any atom is -0.258 e. The summed E-state index contributed by atoms with van der Waals surface area (Å²) < 4.78 is 0.586. The Balaban J connectivity index is 2.04. The third-order valence-corrected chi connectivity index (χ3v) is 5.03. The van der Waals surface area contributed by atoms with E-state index in [9.17, 15) is 10.1 Å². The Morgan fingerprint density at radius 3 is 2.43 bits per heavy atom. The van der Waals surface area contributed by atoms with Gasteiger partial charge in [-0.25, -0.2) is 0 Å². The molecule has 0 N–H and O–H groups in total. The Hall–Kier alpha value is -1.33. The fraction of sp³-hybridized carbons (Fsp3) is 0.250. The molecule has 0 atom stereocenters. The molecule has 110 valence electrons. The van der Waals surface area contributed by atoms with Crippen LogP contribution in [-0.4, -0.2) is 4.92 Å². The van der Waals surface area contributed by atoms with Crippen LogP contribution in [0.15, 0.2) is 40.9 Å². The molecular formula is C16H16BrNO2S. The van der Waals surface area contributed by atoms with Crippen molar-refractivity contribution < 1.29 is 4.92 Å². The van der Waals surface area contributed by atoms with Gasteiger partial charge in [0.05, 0.1) is 9.40 Å². The number of halogens is 1. The van der Waals surface area contributed by atoms with Crippen molar-refractivity contribution in [2.24, 2.45) is 0 Å². The number of nitrogens with zero attached hydrogens (tertiary/aromatic N) is 1. The zero-order valence-corrected chi connectivity index (χ0v) is 14.3. The summed E-state index contributed by atoms with van der Waals surface area (Å²) in [6, 6.07) is 11.7. The summed E-state index contributed by atoms with van der Waals surface area (Å²) in [5, 5.41) is 10.9. The van der Waals surface area contributed by atoms with Crippen molar-refractivity contribution in [1.29, 1.82) is 0 Å². The number of aryl methyl sites for hydroxylation is 2. The van der Waals surface area contributed by atoms with Crippen molar-refractivity contribution in [3.63, 3.8) is 0 Å². The lowest BCUT2D eigenvalue weighted by molar-refractivity contribution is -0.385. The maximum Gasteiger partial charge on any atom is 0.283 e. The number of thioether (sulfide) groups is 1. The summed E-state index contributed by atoms with van der Waals surface area (Å²) >= 11 is 5.10. The first-order valence-electron chi connectivity index (χ1n) is 6.54. The van der Waals surface area contributed by atoms with Crippen LogP contribution in [0, 0.1) is 24.0 Å². The Bertz CT molecular complexity index is 653. The molecule has 0 radical (unpaired) electrons. The van der Waals surface area contributed by atoms with Crippen LogP contribution in [0.1, 0.15) is 22.3 Å². The van der Waals surface area contributed by atoms with E-state index in [1.807, 2.05) is 6.07 Å². The van der Waals surface area contributed by atoms with E-state index in [0.29, 0.717) is 4.47 Å². The van der Waals surface area contributed by atoms with Gasteiger partial charge >= 0.3 is 0 Å². The highest BCUT2D eigenvalue weighted by atomic mass is 79.9. The summed E-state index contributed by atoms with van der Waals surface area (Å²) in [5.74, 6) is 1.65. The lowest BCUT2D eigenvalue weighted by Crippen LogP contribution is -1.93. The lowest BCUT2D eigenvalue weighted by atomic mass is 10.1. The van der Waals surface area contributed by atoms with E-state index in [-0.39, 0.29) is 10.6 Å². The molecular weight excluding hydrogens is 350 g/mol. The molecule has 2 aromatic carbocycles. The molecule has 0 unspecified atom stereocenters. The SMILES string of the molecule is Cc1cc(C)cc(CSCc2cccc([N+](=O)[O-])c2Br)c1. The number of nitro groups is 1. The van der Waals surface area contributed by atoms with Crippen molar-refractivity contribution in [2.75, 3.05) is 0 Å². The molecule has 5 heteroatoms. The number of benzene rings is 2. The second kappa shape index (κ2) is 7.09. The van der Waals surface area contributed by atoms with Crippen molar-refractivity contribution >= 4 is 33.4 Å². The quantitative estimate of drug-likeness (QED) is 0.525. The summed E-state index contributed by atoms with van der Waals surface area (Å²) in [4.78, 5) is 10.6. The van der Waals surface area contributed by atoms with Crippen LogP contribution in [0.25, 0.3) is 0 Å². The third kappa shape index (κ3) is 4.32. The van der Waals surface area contributed by atoms with E-state index < -0.39 is 0 Å². The number of nitro benzene ring substituents is 1. The van der Waals surface area contributed by atoms with E-state index in [1.54, 1.807) is 17.8 Å². The Kier molecular flexibility index (Phi) is 5.42. The molecule has 0 amide bonds. The predicted molar refractivity (Wildman–Crippen MR) is 91.7 cm³/mol. The van der Waals surface area contributed by atoms with Crippen molar-refractivity contribution in [2.45, 2.75) is 25.4 Å². The van der Waals surface area contributed by atoms with E-state index >= 15 is 0 Å². The van der Waals surface area contributed by atoms with Gasteiger partial charge < -0.3 is 0 Å². The molecule has 0 aliphatic carbocycles. The van der Waals surface area contributed by atoms with Gasteiger partial charge in [0, 0.05) is 17.6 Å². The van der Waals surface area contributed by atoms with Crippen molar-refractivity contribution in [1.82, 2.24) is 0 Å². The predicted octanol–water partition coefficient (Wildman–Crippen LogP) is 5.41. The minimum atomic E-state index is -0.359. The molecule has 0 fully saturated rings. The van der Waals surface area contributed by atoms with Gasteiger partial charge in [-0.3, -0.25) is 10.1 Å². The smallest absolute Gasteiger partial charge is 0.258 e. The Morgan fingerprint density at radius 2 is 1.81 bits per heavy atom. The average Bonchev–Trinajstić information content (AvgIpc) is 2.39. The first-order chi connectivity index (χ1) is 9.97. The lowest BCUT2D eigenvalue weighted by Gasteiger charge is -2.07. The molecule has 0 aliphatic rings. The topological polar surface area (TPSA) is 43.1 Å². The molecule has 21 heavy (non-hydrogen) atoms. The van der Waals surface area contributed by atoms with Gasteiger partial charge in [0.2, 0.25) is 0 Å². The number of hydrogen-bond donors (Lipinski definition) is 0. The first-order valence-corrected chi connectivity index (χ1v) is 8.49. The number of hydrogen-bond acceptors (Lipinski definition) is 3. The second-order valence-electron chi connectivity index (χ2n) is 5.00. The molecule has 0 aliphatic heterocycles. The van der Waals surface area contributed by atoms with Gasteiger partial charge in [-0.15, -0.1) is 0 Å². The summed E-state index contributed by atoms with van der Waals surface area (Å²) in [5.41, 5.74) is 4.90. The standard InChI is InChI=1S/C16H16BrNO2S/c1-11-6-12(2)8-13(7-11)9-21-10-14-4-3-5-15(16(14)17)18(19)20/h3-8H,9-10H2,1-2H3. The van der Waals surface area contributed by atoms with Crippen LogP contribution in [0.4, 0.5) is 5.69 Å². The highest BCUT2D eigenvalue weighted by molar-refractivity contribution is 9.10. The molecule has 2 rings (SSSR count). The van der Waals surface area contributed by atoms with Crippen molar-refractivity contribution in [3.05, 3.63) is 73.2 Å². The normalized spacial score (nSPS) is 10.6. The van der Waals surface area contributed by atoms with Gasteiger partial charge in [-0.2, -0.15) is 11.8 Å². The average molecular weight is 366 g/mol. The van der Waals surface area contributed by atoms with Crippen LogP contribution < -0.4 is 0 Å². The van der Waals surface area contributed by atoms with Crippen LogP contribution in [0.5, 0.6) is 0 Å². The summed E-state index contributed by atoms with van der Waals surface area (Å²) in [6.45, 7) is 4.19. The molecule has 2 aromatic rings. The zero-order chi connectivity index (χ0) is 15.4. The van der Waals surface area contributed by atoms with Gasteiger partial charge in [-0.05, 0) is 40.9 Å². The maximum atomic E-state index is 10.9. The summed E-state index contributed by atoms with van der Waals surface area (Å²) in [6.07, 6.45) is 0.